The molecule has 1 amide bonds. The number of rotatable bonds is 4. The Morgan fingerprint density at radius 2 is 1.82 bits per heavy atom. The molecule has 0 aliphatic heterocycles. The summed E-state index contributed by atoms with van der Waals surface area (Å²) in [4.78, 5) is 22.6. The van der Waals surface area contributed by atoms with Crippen molar-refractivity contribution in [2.45, 2.75) is 26.2 Å². The highest BCUT2D eigenvalue weighted by atomic mass is 35.5. The average Bonchev–Trinajstić information content (AvgIpc) is 3.12. The maximum Gasteiger partial charge on any atom is 0.270 e. The Hall–Kier alpha value is -3.26. The minimum Gasteiger partial charge on any atom is -0.420 e. The van der Waals surface area contributed by atoms with Crippen LogP contribution in [0.1, 0.15) is 37.0 Å². The summed E-state index contributed by atoms with van der Waals surface area (Å²) in [6.07, 6.45) is 0. The van der Waals surface area contributed by atoms with Gasteiger partial charge in [-0.2, -0.15) is 0 Å². The van der Waals surface area contributed by atoms with Gasteiger partial charge in [-0.3, -0.25) is 14.9 Å². The Labute approximate surface area is 165 Å². The molecule has 1 heterocycles. The van der Waals surface area contributed by atoms with Crippen molar-refractivity contribution in [3.63, 3.8) is 0 Å². The molecule has 0 fully saturated rings. The molecular weight excluding hydrogens is 384 g/mol. The number of nitro benzene ring substituents is 1. The summed E-state index contributed by atoms with van der Waals surface area (Å²) in [6, 6.07) is 10.5. The molecule has 3 rings (SSSR count). The van der Waals surface area contributed by atoms with Crippen molar-refractivity contribution in [2.75, 3.05) is 5.32 Å². The van der Waals surface area contributed by atoms with Gasteiger partial charge in [-0.25, -0.2) is 0 Å². The van der Waals surface area contributed by atoms with E-state index >= 15 is 0 Å². The highest BCUT2D eigenvalue weighted by molar-refractivity contribution is 6.34. The van der Waals surface area contributed by atoms with Crippen molar-refractivity contribution in [3.8, 4) is 11.5 Å². The zero-order valence-electron chi connectivity index (χ0n) is 15.4. The Morgan fingerprint density at radius 3 is 2.36 bits per heavy atom. The van der Waals surface area contributed by atoms with Crippen molar-refractivity contribution < 1.29 is 14.1 Å². The number of halogens is 1. The van der Waals surface area contributed by atoms with Gasteiger partial charge < -0.3 is 9.73 Å². The fraction of sp³-hybridized carbons (Fsp3) is 0.211. The lowest BCUT2D eigenvalue weighted by molar-refractivity contribution is -0.384. The van der Waals surface area contributed by atoms with Crippen molar-refractivity contribution in [3.05, 3.63) is 69.1 Å². The first-order valence-corrected chi connectivity index (χ1v) is 8.72. The Kier molecular flexibility index (Phi) is 5.15. The summed E-state index contributed by atoms with van der Waals surface area (Å²) in [6.45, 7) is 5.94. The van der Waals surface area contributed by atoms with E-state index in [0.717, 1.165) is 11.6 Å². The van der Waals surface area contributed by atoms with Crippen LogP contribution in [0.15, 0.2) is 46.9 Å². The second-order valence-corrected chi connectivity index (χ2v) is 7.52. The van der Waals surface area contributed by atoms with Gasteiger partial charge in [0.05, 0.1) is 15.5 Å². The first-order valence-electron chi connectivity index (χ1n) is 8.35. The predicted molar refractivity (Wildman–Crippen MR) is 104 cm³/mol. The van der Waals surface area contributed by atoms with Crippen LogP contribution < -0.4 is 5.32 Å². The fourth-order valence-corrected chi connectivity index (χ4v) is 2.60. The highest BCUT2D eigenvalue weighted by Crippen LogP contribution is 2.27. The molecule has 0 atom stereocenters. The third-order valence-electron chi connectivity index (χ3n) is 3.86. The van der Waals surface area contributed by atoms with E-state index < -0.39 is 10.8 Å². The monoisotopic (exact) mass is 400 g/mol. The summed E-state index contributed by atoms with van der Waals surface area (Å²) in [5, 5.41) is 21.6. The van der Waals surface area contributed by atoms with E-state index in [2.05, 4.69) is 15.5 Å². The van der Waals surface area contributed by atoms with Crippen LogP contribution in [0, 0.1) is 10.1 Å². The molecule has 0 radical (unpaired) electrons. The van der Waals surface area contributed by atoms with Gasteiger partial charge in [-0.1, -0.05) is 32.4 Å². The number of hydrogen-bond acceptors (Lipinski definition) is 6. The largest absolute Gasteiger partial charge is 0.420 e. The molecule has 9 heteroatoms. The second kappa shape index (κ2) is 7.40. The Balaban J connectivity index is 1.75. The van der Waals surface area contributed by atoms with Crippen LogP contribution in [0.3, 0.4) is 0 Å². The van der Waals surface area contributed by atoms with Crippen LogP contribution in [0.4, 0.5) is 11.4 Å². The van der Waals surface area contributed by atoms with Crippen LogP contribution in [0.25, 0.3) is 11.5 Å². The number of amides is 1. The van der Waals surface area contributed by atoms with E-state index in [1.807, 2.05) is 20.8 Å². The first kappa shape index (κ1) is 19.5. The Morgan fingerprint density at radius 1 is 1.14 bits per heavy atom. The second-order valence-electron chi connectivity index (χ2n) is 7.12. The van der Waals surface area contributed by atoms with Crippen molar-refractivity contribution in [1.29, 1.82) is 0 Å². The molecule has 0 spiro atoms. The molecule has 0 saturated heterocycles. The van der Waals surface area contributed by atoms with Gasteiger partial charge in [-0.05, 0) is 30.3 Å². The molecule has 0 unspecified atom stereocenters. The molecular formula is C19H17ClN4O4. The zero-order valence-corrected chi connectivity index (χ0v) is 16.1. The number of carbonyl (C=O) groups excluding carboxylic acids is 1. The first-order chi connectivity index (χ1) is 13.1. The lowest BCUT2D eigenvalue weighted by atomic mass is 9.97. The summed E-state index contributed by atoms with van der Waals surface area (Å²) < 4.78 is 5.69. The standard InChI is InChI=1S/C19H17ClN4O4/c1-19(2,3)18-23-22-17(28-18)11-4-6-12(7-5-11)21-16(25)14-9-8-13(24(26)27)10-15(14)20/h4-10H,1-3H3,(H,21,25). The number of benzene rings is 2. The minimum absolute atomic E-state index is 0.00360. The van der Waals surface area contributed by atoms with Crippen molar-refractivity contribution in [2.24, 2.45) is 0 Å². The quantitative estimate of drug-likeness (QED) is 0.495. The number of nitrogens with zero attached hydrogens (tertiary/aromatic N) is 3. The molecule has 1 N–H and O–H groups in total. The SMILES string of the molecule is CC(C)(C)c1nnc(-c2ccc(NC(=O)c3ccc([N+](=O)[O-])cc3Cl)cc2)o1. The van der Waals surface area contributed by atoms with E-state index in [0.29, 0.717) is 17.5 Å². The number of hydrogen-bond donors (Lipinski definition) is 1. The molecule has 0 bridgehead atoms. The smallest absolute Gasteiger partial charge is 0.270 e. The van der Waals surface area contributed by atoms with Gasteiger partial charge in [0.15, 0.2) is 0 Å². The van der Waals surface area contributed by atoms with Gasteiger partial charge in [0.2, 0.25) is 11.8 Å². The molecule has 0 aliphatic carbocycles. The minimum atomic E-state index is -0.575. The zero-order chi connectivity index (χ0) is 20.5. The maximum absolute atomic E-state index is 12.4. The summed E-state index contributed by atoms with van der Waals surface area (Å²) in [5.74, 6) is 0.453. The number of anilines is 1. The molecule has 3 aromatic rings. The third-order valence-corrected chi connectivity index (χ3v) is 4.18. The average molecular weight is 401 g/mol. The number of aromatic nitrogens is 2. The molecule has 8 nitrogen and oxygen atoms in total. The molecule has 144 valence electrons. The van der Waals surface area contributed by atoms with E-state index in [4.69, 9.17) is 16.0 Å². The third kappa shape index (κ3) is 4.17. The number of nitro groups is 1. The van der Waals surface area contributed by atoms with Gasteiger partial charge in [0, 0.05) is 28.8 Å². The highest BCUT2D eigenvalue weighted by Gasteiger charge is 2.22. The summed E-state index contributed by atoms with van der Waals surface area (Å²) in [5.41, 5.74) is 0.958. The summed E-state index contributed by atoms with van der Waals surface area (Å²) in [7, 11) is 0. The lowest BCUT2D eigenvalue weighted by Gasteiger charge is -2.11. The maximum atomic E-state index is 12.4. The van der Waals surface area contributed by atoms with Crippen LogP contribution in [-0.4, -0.2) is 21.0 Å². The van der Waals surface area contributed by atoms with E-state index in [-0.39, 0.29) is 21.7 Å². The van der Waals surface area contributed by atoms with Gasteiger partial charge >= 0.3 is 0 Å². The molecule has 2 aromatic carbocycles. The van der Waals surface area contributed by atoms with Gasteiger partial charge in [0.25, 0.3) is 11.6 Å². The summed E-state index contributed by atoms with van der Waals surface area (Å²) >= 11 is 5.99. The van der Waals surface area contributed by atoms with Crippen molar-refractivity contribution >= 4 is 28.9 Å². The molecule has 28 heavy (non-hydrogen) atoms. The number of non-ortho nitro benzene ring substituents is 1. The van der Waals surface area contributed by atoms with Gasteiger partial charge in [-0.15, -0.1) is 10.2 Å². The van der Waals surface area contributed by atoms with Crippen LogP contribution >= 0.6 is 11.6 Å². The number of carbonyl (C=O) groups is 1. The fourth-order valence-electron chi connectivity index (χ4n) is 2.34. The molecule has 1 aromatic heterocycles. The van der Waals surface area contributed by atoms with Crippen molar-refractivity contribution in [1.82, 2.24) is 10.2 Å². The molecule has 0 aliphatic rings. The van der Waals surface area contributed by atoms with Crippen LogP contribution in [0.2, 0.25) is 5.02 Å². The predicted octanol–water partition coefficient (Wildman–Crippen LogP) is 4.85. The Bertz CT molecular complexity index is 1040. The normalized spacial score (nSPS) is 11.3. The topological polar surface area (TPSA) is 111 Å². The lowest BCUT2D eigenvalue weighted by Crippen LogP contribution is -2.12. The van der Waals surface area contributed by atoms with Gasteiger partial charge in [0.1, 0.15) is 0 Å². The van der Waals surface area contributed by atoms with E-state index in [9.17, 15) is 14.9 Å². The number of nitrogens with one attached hydrogen (secondary N) is 1. The van der Waals surface area contributed by atoms with Crippen LogP contribution in [-0.2, 0) is 5.41 Å². The van der Waals surface area contributed by atoms with E-state index in [1.165, 1.54) is 12.1 Å². The van der Waals surface area contributed by atoms with E-state index in [1.54, 1.807) is 24.3 Å². The molecule has 0 saturated carbocycles. The van der Waals surface area contributed by atoms with Crippen LogP contribution in [0.5, 0.6) is 0 Å².